The van der Waals surface area contributed by atoms with Crippen molar-refractivity contribution in [3.63, 3.8) is 0 Å². The van der Waals surface area contributed by atoms with Gasteiger partial charge in [0.05, 0.1) is 6.10 Å². The molecule has 0 aromatic heterocycles. The molecule has 0 saturated carbocycles. The van der Waals surface area contributed by atoms with E-state index in [1.54, 1.807) is 0 Å². The summed E-state index contributed by atoms with van der Waals surface area (Å²) in [5, 5.41) is 3.05. The summed E-state index contributed by atoms with van der Waals surface area (Å²) < 4.78 is 5.76. The van der Waals surface area contributed by atoms with Gasteiger partial charge >= 0.3 is 0 Å². The Kier molecular flexibility index (Phi) is 7.07. The quantitative estimate of drug-likeness (QED) is 0.545. The van der Waals surface area contributed by atoms with E-state index < -0.39 is 0 Å². The molecule has 1 N–H and O–H groups in total. The first-order valence-corrected chi connectivity index (χ1v) is 10.1. The third-order valence-corrected chi connectivity index (χ3v) is 4.86. The van der Waals surface area contributed by atoms with Gasteiger partial charge in [0.15, 0.2) is 0 Å². The molecule has 0 saturated heterocycles. The Morgan fingerprint density at radius 1 is 0.862 bits per heavy atom. The van der Waals surface area contributed by atoms with Crippen molar-refractivity contribution in [2.24, 2.45) is 0 Å². The monoisotopic (exact) mass is 387 g/mol. The van der Waals surface area contributed by atoms with Crippen LogP contribution in [0.4, 0.5) is 0 Å². The Balaban J connectivity index is 1.76. The number of amides is 1. The zero-order chi connectivity index (χ0) is 20.6. The van der Waals surface area contributed by atoms with Gasteiger partial charge in [-0.25, -0.2) is 0 Å². The number of aryl methyl sites for hydroxylation is 1. The lowest BCUT2D eigenvalue weighted by molar-refractivity contribution is -0.121. The van der Waals surface area contributed by atoms with Crippen LogP contribution in [0.5, 0.6) is 5.75 Å². The standard InChI is InChI=1S/C26H29NO2/c1-19(2)29-24-15-13-23(14-16-24)25(22-11-9-20(3)10-12-22)17-26(28)27-18-21-7-5-4-6-8-21/h4-16,19,25H,17-18H2,1-3H3,(H,27,28)/t25-/m0/s1. The first-order chi connectivity index (χ1) is 14.0. The number of nitrogens with one attached hydrogen (secondary N) is 1. The van der Waals surface area contributed by atoms with Gasteiger partial charge in [-0.3, -0.25) is 4.79 Å². The predicted octanol–water partition coefficient (Wildman–Crippen LogP) is 5.62. The topological polar surface area (TPSA) is 38.3 Å². The van der Waals surface area contributed by atoms with Crippen LogP contribution in [0.1, 0.15) is 48.4 Å². The molecule has 0 aliphatic heterocycles. The van der Waals surface area contributed by atoms with Crippen molar-refractivity contribution in [3.05, 3.63) is 101 Å². The molecule has 3 nitrogen and oxygen atoms in total. The number of ether oxygens (including phenoxy) is 1. The largest absolute Gasteiger partial charge is 0.491 e. The second-order valence-corrected chi connectivity index (χ2v) is 7.67. The highest BCUT2D eigenvalue weighted by Gasteiger charge is 2.18. The SMILES string of the molecule is Cc1ccc([C@H](CC(=O)NCc2ccccc2)c2ccc(OC(C)C)cc2)cc1. The van der Waals surface area contributed by atoms with Crippen LogP contribution < -0.4 is 10.1 Å². The molecule has 0 aliphatic rings. The molecule has 3 aromatic carbocycles. The van der Waals surface area contributed by atoms with Crippen LogP contribution in [0.3, 0.4) is 0 Å². The van der Waals surface area contributed by atoms with E-state index >= 15 is 0 Å². The fourth-order valence-corrected chi connectivity index (χ4v) is 3.33. The van der Waals surface area contributed by atoms with E-state index in [-0.39, 0.29) is 17.9 Å². The number of hydrogen-bond acceptors (Lipinski definition) is 2. The summed E-state index contributed by atoms with van der Waals surface area (Å²) in [6, 6.07) is 26.5. The van der Waals surface area contributed by atoms with Crippen molar-refractivity contribution in [2.45, 2.75) is 45.8 Å². The summed E-state index contributed by atoms with van der Waals surface area (Å²) >= 11 is 0. The van der Waals surface area contributed by atoms with Crippen molar-refractivity contribution in [1.82, 2.24) is 5.32 Å². The normalized spacial score (nSPS) is 11.9. The Morgan fingerprint density at radius 2 is 1.45 bits per heavy atom. The number of rotatable bonds is 8. The third-order valence-electron chi connectivity index (χ3n) is 4.86. The first-order valence-electron chi connectivity index (χ1n) is 10.1. The second kappa shape index (κ2) is 9.92. The van der Waals surface area contributed by atoms with E-state index in [9.17, 15) is 4.79 Å². The lowest BCUT2D eigenvalue weighted by Gasteiger charge is -2.19. The second-order valence-electron chi connectivity index (χ2n) is 7.67. The van der Waals surface area contributed by atoms with Gasteiger partial charge in [-0.1, -0.05) is 72.3 Å². The highest BCUT2D eigenvalue weighted by Crippen LogP contribution is 2.30. The summed E-state index contributed by atoms with van der Waals surface area (Å²) in [6.07, 6.45) is 0.540. The Morgan fingerprint density at radius 3 is 2.03 bits per heavy atom. The minimum Gasteiger partial charge on any atom is -0.491 e. The molecule has 0 aliphatic carbocycles. The molecule has 0 bridgehead atoms. The fourth-order valence-electron chi connectivity index (χ4n) is 3.33. The van der Waals surface area contributed by atoms with E-state index in [4.69, 9.17) is 4.74 Å². The maximum absolute atomic E-state index is 12.7. The van der Waals surface area contributed by atoms with E-state index in [0.717, 1.165) is 22.4 Å². The highest BCUT2D eigenvalue weighted by atomic mass is 16.5. The van der Waals surface area contributed by atoms with Gasteiger partial charge in [-0.2, -0.15) is 0 Å². The van der Waals surface area contributed by atoms with Crippen LogP contribution in [-0.4, -0.2) is 12.0 Å². The molecule has 1 atom stereocenters. The maximum Gasteiger partial charge on any atom is 0.221 e. The van der Waals surface area contributed by atoms with Gasteiger partial charge in [0.1, 0.15) is 5.75 Å². The molecule has 0 heterocycles. The third kappa shape index (κ3) is 6.21. The first kappa shape index (κ1) is 20.7. The minimum atomic E-state index is -0.000488. The van der Waals surface area contributed by atoms with Gasteiger partial charge < -0.3 is 10.1 Å². The van der Waals surface area contributed by atoms with E-state index in [2.05, 4.69) is 48.6 Å². The van der Waals surface area contributed by atoms with Gasteiger partial charge in [0.25, 0.3) is 0 Å². The van der Waals surface area contributed by atoms with Crippen LogP contribution in [-0.2, 0) is 11.3 Å². The van der Waals surface area contributed by atoms with Crippen LogP contribution in [0.15, 0.2) is 78.9 Å². The molecular weight excluding hydrogens is 358 g/mol. The van der Waals surface area contributed by atoms with Crippen LogP contribution in [0.25, 0.3) is 0 Å². The molecule has 0 unspecified atom stereocenters. The zero-order valence-electron chi connectivity index (χ0n) is 17.4. The van der Waals surface area contributed by atoms with Gasteiger partial charge in [0.2, 0.25) is 5.91 Å². The van der Waals surface area contributed by atoms with E-state index in [0.29, 0.717) is 13.0 Å². The Labute approximate surface area is 173 Å². The number of carbonyl (C=O) groups excluding carboxylic acids is 1. The molecule has 3 rings (SSSR count). The van der Waals surface area contributed by atoms with Crippen molar-refractivity contribution in [3.8, 4) is 5.75 Å². The molecule has 150 valence electrons. The van der Waals surface area contributed by atoms with Gasteiger partial charge in [-0.05, 0) is 49.6 Å². The number of benzene rings is 3. The summed E-state index contributed by atoms with van der Waals surface area (Å²) in [5.41, 5.74) is 4.56. The predicted molar refractivity (Wildman–Crippen MR) is 118 cm³/mol. The summed E-state index contributed by atoms with van der Waals surface area (Å²) in [7, 11) is 0. The van der Waals surface area contributed by atoms with Crippen LogP contribution in [0.2, 0.25) is 0 Å². The molecule has 3 heteroatoms. The van der Waals surface area contributed by atoms with Gasteiger partial charge in [-0.15, -0.1) is 0 Å². The summed E-state index contributed by atoms with van der Waals surface area (Å²) in [4.78, 5) is 12.7. The highest BCUT2D eigenvalue weighted by molar-refractivity contribution is 5.77. The molecule has 0 radical (unpaired) electrons. The summed E-state index contributed by atoms with van der Waals surface area (Å²) in [6.45, 7) is 6.64. The Hall–Kier alpha value is -3.07. The number of carbonyl (C=O) groups is 1. The van der Waals surface area contributed by atoms with Crippen molar-refractivity contribution in [1.29, 1.82) is 0 Å². The lowest BCUT2D eigenvalue weighted by atomic mass is 9.88. The van der Waals surface area contributed by atoms with E-state index in [1.807, 2.05) is 56.3 Å². The maximum atomic E-state index is 12.7. The van der Waals surface area contributed by atoms with Crippen molar-refractivity contribution >= 4 is 5.91 Å². The summed E-state index contributed by atoms with van der Waals surface area (Å²) in [5.74, 6) is 0.890. The smallest absolute Gasteiger partial charge is 0.221 e. The molecule has 29 heavy (non-hydrogen) atoms. The fraction of sp³-hybridized carbons (Fsp3) is 0.269. The van der Waals surface area contributed by atoms with Crippen molar-refractivity contribution in [2.75, 3.05) is 0 Å². The average Bonchev–Trinajstić information content (AvgIpc) is 2.72. The number of hydrogen-bond donors (Lipinski definition) is 1. The van der Waals surface area contributed by atoms with Crippen LogP contribution >= 0.6 is 0 Å². The lowest BCUT2D eigenvalue weighted by Crippen LogP contribution is -2.25. The molecule has 3 aromatic rings. The van der Waals surface area contributed by atoms with E-state index in [1.165, 1.54) is 5.56 Å². The van der Waals surface area contributed by atoms with Crippen LogP contribution in [0, 0.1) is 6.92 Å². The zero-order valence-corrected chi connectivity index (χ0v) is 17.4. The molecule has 1 amide bonds. The Bertz CT molecular complexity index is 900. The van der Waals surface area contributed by atoms with Crippen molar-refractivity contribution < 1.29 is 9.53 Å². The average molecular weight is 388 g/mol. The molecule has 0 fully saturated rings. The molecular formula is C26H29NO2. The van der Waals surface area contributed by atoms with Gasteiger partial charge in [0, 0.05) is 18.9 Å². The minimum absolute atomic E-state index is 0.000488. The molecule has 0 spiro atoms.